The Morgan fingerprint density at radius 2 is 2.25 bits per heavy atom. The molecule has 1 aliphatic heterocycles. The molecule has 1 aromatic rings. The van der Waals surface area contributed by atoms with Crippen LogP contribution in [-0.2, 0) is 9.59 Å². The number of benzene rings is 1. The number of aliphatic carboxylic acids is 1. The number of nitrogens with zero attached hydrogens (tertiary/aromatic N) is 1. The van der Waals surface area contributed by atoms with Crippen molar-refractivity contribution in [2.45, 2.75) is 25.8 Å². The number of rotatable bonds is 4. The van der Waals surface area contributed by atoms with Gasteiger partial charge in [-0.25, -0.2) is 4.79 Å². The van der Waals surface area contributed by atoms with Gasteiger partial charge >= 0.3 is 5.97 Å². The fourth-order valence-corrected chi connectivity index (χ4v) is 2.45. The Morgan fingerprint density at radius 3 is 2.95 bits per heavy atom. The van der Waals surface area contributed by atoms with Gasteiger partial charge in [0.15, 0.2) is 6.61 Å². The van der Waals surface area contributed by atoms with E-state index in [0.717, 1.165) is 5.56 Å². The van der Waals surface area contributed by atoms with Crippen LogP contribution in [0, 0.1) is 6.92 Å². The molecule has 1 N–H and O–H groups in total. The normalized spacial score (nSPS) is 18.1. The van der Waals surface area contributed by atoms with Crippen LogP contribution < -0.4 is 4.74 Å². The first kappa shape index (κ1) is 14.7. The minimum atomic E-state index is -0.963. The smallest absolute Gasteiger partial charge is 0.326 e. The van der Waals surface area contributed by atoms with Gasteiger partial charge in [-0.15, -0.1) is 0 Å². The van der Waals surface area contributed by atoms with E-state index >= 15 is 0 Å². The third-order valence-corrected chi connectivity index (χ3v) is 3.84. The zero-order valence-corrected chi connectivity index (χ0v) is 11.9. The summed E-state index contributed by atoms with van der Waals surface area (Å²) in [5, 5.41) is 9.62. The van der Waals surface area contributed by atoms with E-state index in [9.17, 15) is 9.59 Å². The first-order chi connectivity index (χ1) is 9.50. The Hall–Kier alpha value is -1.75. The Balaban J connectivity index is 1.98. The van der Waals surface area contributed by atoms with Gasteiger partial charge in [-0.3, -0.25) is 4.79 Å². The molecule has 1 fully saturated rings. The zero-order valence-electron chi connectivity index (χ0n) is 11.1. The molecule has 0 aliphatic carbocycles. The van der Waals surface area contributed by atoms with E-state index in [0.29, 0.717) is 30.2 Å². The number of halogens is 1. The fraction of sp³-hybridized carbons (Fsp3) is 0.429. The summed E-state index contributed by atoms with van der Waals surface area (Å²) in [6.45, 7) is 2.09. The Labute approximate surface area is 122 Å². The lowest BCUT2D eigenvalue weighted by Gasteiger charge is -2.21. The van der Waals surface area contributed by atoms with Crippen molar-refractivity contribution >= 4 is 23.5 Å². The summed E-state index contributed by atoms with van der Waals surface area (Å²) in [6.07, 6.45) is 1.20. The highest BCUT2D eigenvalue weighted by molar-refractivity contribution is 6.31. The van der Waals surface area contributed by atoms with Gasteiger partial charge in [-0.2, -0.15) is 0 Å². The van der Waals surface area contributed by atoms with Crippen LogP contribution in [0.1, 0.15) is 18.4 Å². The van der Waals surface area contributed by atoms with E-state index in [2.05, 4.69) is 0 Å². The van der Waals surface area contributed by atoms with Crippen molar-refractivity contribution in [3.8, 4) is 5.75 Å². The summed E-state index contributed by atoms with van der Waals surface area (Å²) in [5.74, 6) is -0.735. The third-order valence-electron chi connectivity index (χ3n) is 3.43. The molecule has 5 nitrogen and oxygen atoms in total. The highest BCUT2D eigenvalue weighted by atomic mass is 35.5. The number of carbonyl (C=O) groups excluding carboxylic acids is 1. The average Bonchev–Trinajstić information content (AvgIpc) is 2.89. The number of amides is 1. The number of carboxylic acid groups (broad SMARTS) is 1. The van der Waals surface area contributed by atoms with Gasteiger partial charge in [0.25, 0.3) is 5.91 Å². The van der Waals surface area contributed by atoms with Crippen LogP contribution in [0.4, 0.5) is 0 Å². The quantitative estimate of drug-likeness (QED) is 0.924. The molecule has 0 aromatic heterocycles. The summed E-state index contributed by atoms with van der Waals surface area (Å²) in [4.78, 5) is 24.4. The highest BCUT2D eigenvalue weighted by Crippen LogP contribution is 2.25. The largest absolute Gasteiger partial charge is 0.483 e. The van der Waals surface area contributed by atoms with Crippen molar-refractivity contribution in [3.05, 3.63) is 28.8 Å². The maximum Gasteiger partial charge on any atom is 0.326 e. The molecule has 1 aliphatic rings. The average molecular weight is 298 g/mol. The van der Waals surface area contributed by atoms with Crippen LogP contribution in [0.25, 0.3) is 0 Å². The number of likely N-dealkylation sites (tertiary alicyclic amines) is 1. The summed E-state index contributed by atoms with van der Waals surface area (Å²) < 4.78 is 5.45. The van der Waals surface area contributed by atoms with Gasteiger partial charge < -0.3 is 14.7 Å². The molecular formula is C14H16ClNO4. The molecule has 1 saturated heterocycles. The Kier molecular flexibility index (Phi) is 4.49. The first-order valence-electron chi connectivity index (χ1n) is 6.41. The number of carbonyl (C=O) groups is 2. The van der Waals surface area contributed by atoms with Crippen molar-refractivity contribution in [2.24, 2.45) is 0 Å². The molecule has 2 rings (SSSR count). The number of hydrogen-bond donors (Lipinski definition) is 1. The van der Waals surface area contributed by atoms with Crippen LogP contribution in [0.15, 0.2) is 18.2 Å². The van der Waals surface area contributed by atoms with Gasteiger partial charge in [0.05, 0.1) is 0 Å². The second kappa shape index (κ2) is 6.13. The minimum Gasteiger partial charge on any atom is -0.483 e. The molecule has 0 unspecified atom stereocenters. The SMILES string of the molecule is Cc1c(Cl)cccc1OCC(=O)N1CCC[C@H]1C(=O)O. The first-order valence-corrected chi connectivity index (χ1v) is 6.78. The second-order valence-electron chi connectivity index (χ2n) is 4.74. The number of hydrogen-bond acceptors (Lipinski definition) is 3. The van der Waals surface area contributed by atoms with Crippen LogP contribution >= 0.6 is 11.6 Å². The summed E-state index contributed by atoms with van der Waals surface area (Å²) in [5.41, 5.74) is 0.762. The monoisotopic (exact) mass is 297 g/mol. The van der Waals surface area contributed by atoms with E-state index in [1.807, 2.05) is 0 Å². The lowest BCUT2D eigenvalue weighted by molar-refractivity contribution is -0.148. The van der Waals surface area contributed by atoms with Crippen LogP contribution in [-0.4, -0.2) is 41.1 Å². The van der Waals surface area contributed by atoms with E-state index in [-0.39, 0.29) is 12.5 Å². The topological polar surface area (TPSA) is 66.8 Å². The molecule has 1 amide bonds. The summed E-state index contributed by atoms with van der Waals surface area (Å²) in [7, 11) is 0. The number of ether oxygens (including phenoxy) is 1. The second-order valence-corrected chi connectivity index (χ2v) is 5.14. The zero-order chi connectivity index (χ0) is 14.7. The molecule has 1 atom stereocenters. The lowest BCUT2D eigenvalue weighted by atomic mass is 10.2. The van der Waals surface area contributed by atoms with Crippen molar-refractivity contribution in [3.63, 3.8) is 0 Å². The van der Waals surface area contributed by atoms with E-state index in [1.165, 1.54) is 4.90 Å². The highest BCUT2D eigenvalue weighted by Gasteiger charge is 2.33. The molecule has 1 aromatic carbocycles. The molecule has 108 valence electrons. The van der Waals surface area contributed by atoms with Gasteiger partial charge in [-0.05, 0) is 31.9 Å². The van der Waals surface area contributed by atoms with Gasteiger partial charge in [-0.1, -0.05) is 17.7 Å². The lowest BCUT2D eigenvalue weighted by Crippen LogP contribution is -2.42. The molecule has 0 saturated carbocycles. The molecule has 0 bridgehead atoms. The minimum absolute atomic E-state index is 0.176. The van der Waals surface area contributed by atoms with Gasteiger partial charge in [0.1, 0.15) is 11.8 Å². The maximum absolute atomic E-state index is 12.0. The summed E-state index contributed by atoms with van der Waals surface area (Å²) in [6, 6.07) is 4.48. The van der Waals surface area contributed by atoms with Gasteiger partial charge in [0.2, 0.25) is 0 Å². The van der Waals surface area contributed by atoms with Crippen molar-refractivity contribution in [2.75, 3.05) is 13.2 Å². The van der Waals surface area contributed by atoms with E-state index in [4.69, 9.17) is 21.4 Å². The van der Waals surface area contributed by atoms with Crippen LogP contribution in [0.2, 0.25) is 5.02 Å². The predicted octanol–water partition coefficient (Wildman–Crippen LogP) is 2.10. The van der Waals surface area contributed by atoms with E-state index < -0.39 is 12.0 Å². The molecule has 20 heavy (non-hydrogen) atoms. The Morgan fingerprint density at radius 1 is 1.50 bits per heavy atom. The molecular weight excluding hydrogens is 282 g/mol. The summed E-state index contributed by atoms with van der Waals surface area (Å²) >= 11 is 5.97. The number of carboxylic acids is 1. The Bertz CT molecular complexity index is 532. The third kappa shape index (κ3) is 3.04. The fourth-order valence-electron chi connectivity index (χ4n) is 2.29. The molecule has 1 heterocycles. The van der Waals surface area contributed by atoms with Crippen LogP contribution in [0.3, 0.4) is 0 Å². The van der Waals surface area contributed by atoms with E-state index in [1.54, 1.807) is 25.1 Å². The van der Waals surface area contributed by atoms with Gasteiger partial charge in [0, 0.05) is 17.1 Å². The molecule has 6 heteroatoms. The van der Waals surface area contributed by atoms with Crippen molar-refractivity contribution in [1.29, 1.82) is 0 Å². The standard InChI is InChI=1S/C14H16ClNO4/c1-9-10(15)4-2-6-12(9)20-8-13(17)16-7-3-5-11(16)14(18)19/h2,4,6,11H,3,5,7-8H2,1H3,(H,18,19)/t11-/m0/s1. The molecule has 0 radical (unpaired) electrons. The maximum atomic E-state index is 12.0. The van der Waals surface area contributed by atoms with Crippen molar-refractivity contribution in [1.82, 2.24) is 4.90 Å². The predicted molar refractivity (Wildman–Crippen MR) is 74.1 cm³/mol. The van der Waals surface area contributed by atoms with Crippen molar-refractivity contribution < 1.29 is 19.4 Å². The molecule has 0 spiro atoms. The van der Waals surface area contributed by atoms with Crippen LogP contribution in [0.5, 0.6) is 5.75 Å².